The number of carbonyl (C=O) groups is 1. The van der Waals surface area contributed by atoms with Gasteiger partial charge in [-0.2, -0.15) is 0 Å². The minimum absolute atomic E-state index is 0.00801. The number of hydrogen-bond acceptors (Lipinski definition) is 3. The molecule has 0 bridgehead atoms. The molecular formula is C11H23N3O. The van der Waals surface area contributed by atoms with Crippen molar-refractivity contribution in [2.45, 2.75) is 38.8 Å². The maximum Gasteiger partial charge on any atom is 0.238 e. The molecule has 2 N–H and O–H groups in total. The number of likely N-dealkylation sites (N-methyl/N-ethyl adjacent to an activating group) is 1. The van der Waals surface area contributed by atoms with E-state index in [1.807, 2.05) is 0 Å². The highest BCUT2D eigenvalue weighted by molar-refractivity contribution is 5.81. The smallest absolute Gasteiger partial charge is 0.238 e. The fraction of sp³-hybridized carbons (Fsp3) is 0.909. The molecule has 0 aromatic heterocycles. The molecule has 1 atom stereocenters. The van der Waals surface area contributed by atoms with Gasteiger partial charge >= 0.3 is 0 Å². The molecule has 0 spiro atoms. The molecule has 4 nitrogen and oxygen atoms in total. The van der Waals surface area contributed by atoms with E-state index in [2.05, 4.69) is 29.4 Å². The zero-order valence-electron chi connectivity index (χ0n) is 10.0. The van der Waals surface area contributed by atoms with Gasteiger partial charge in [-0.15, -0.1) is 0 Å². The number of piperazine rings is 1. The summed E-state index contributed by atoms with van der Waals surface area (Å²) < 4.78 is 0. The predicted octanol–water partition coefficient (Wildman–Crippen LogP) is 0.195. The molecule has 1 heterocycles. The molecule has 0 saturated carbocycles. The summed E-state index contributed by atoms with van der Waals surface area (Å²) in [5.74, 6) is 0.133. The Morgan fingerprint density at radius 1 is 1.53 bits per heavy atom. The number of hydrogen-bond donors (Lipinski definition) is 2. The van der Waals surface area contributed by atoms with E-state index in [-0.39, 0.29) is 11.9 Å². The van der Waals surface area contributed by atoms with Crippen LogP contribution in [0.1, 0.15) is 26.7 Å². The average Bonchev–Trinajstić information content (AvgIpc) is 2.30. The molecule has 0 aromatic rings. The molecular weight excluding hydrogens is 190 g/mol. The van der Waals surface area contributed by atoms with Crippen molar-refractivity contribution in [3.63, 3.8) is 0 Å². The van der Waals surface area contributed by atoms with E-state index in [1.54, 1.807) is 7.05 Å². The first-order valence-electron chi connectivity index (χ1n) is 5.92. The Labute approximate surface area is 92.4 Å². The highest BCUT2D eigenvalue weighted by atomic mass is 16.2. The molecule has 0 radical (unpaired) electrons. The maximum atomic E-state index is 11.7. The fourth-order valence-corrected chi connectivity index (χ4v) is 2.32. The first-order chi connectivity index (χ1) is 7.24. The molecule has 1 fully saturated rings. The Morgan fingerprint density at radius 3 is 2.73 bits per heavy atom. The Hall–Kier alpha value is -0.610. The van der Waals surface area contributed by atoms with E-state index < -0.39 is 0 Å². The molecule has 0 aromatic carbocycles. The number of amides is 1. The highest BCUT2D eigenvalue weighted by Crippen LogP contribution is 2.14. The lowest BCUT2D eigenvalue weighted by molar-refractivity contribution is -0.127. The van der Waals surface area contributed by atoms with Crippen LogP contribution in [0.5, 0.6) is 0 Å². The van der Waals surface area contributed by atoms with Gasteiger partial charge in [0, 0.05) is 32.7 Å². The Balaban J connectivity index is 2.68. The number of nitrogens with zero attached hydrogens (tertiary/aromatic N) is 1. The summed E-state index contributed by atoms with van der Waals surface area (Å²) in [6.07, 6.45) is 2.23. The Morgan fingerprint density at radius 2 is 2.20 bits per heavy atom. The average molecular weight is 213 g/mol. The van der Waals surface area contributed by atoms with Gasteiger partial charge in [-0.1, -0.05) is 13.8 Å². The van der Waals surface area contributed by atoms with Gasteiger partial charge in [0.25, 0.3) is 0 Å². The Kier molecular flexibility index (Phi) is 5.05. The van der Waals surface area contributed by atoms with Crippen molar-refractivity contribution >= 4 is 5.91 Å². The summed E-state index contributed by atoms with van der Waals surface area (Å²) >= 11 is 0. The van der Waals surface area contributed by atoms with Crippen LogP contribution < -0.4 is 10.6 Å². The van der Waals surface area contributed by atoms with Crippen LogP contribution >= 0.6 is 0 Å². The van der Waals surface area contributed by atoms with E-state index >= 15 is 0 Å². The van der Waals surface area contributed by atoms with Crippen molar-refractivity contribution in [2.75, 3.05) is 26.7 Å². The normalized spacial score (nSPS) is 23.1. The molecule has 1 aliphatic rings. The van der Waals surface area contributed by atoms with Crippen molar-refractivity contribution in [1.82, 2.24) is 15.5 Å². The second-order valence-corrected chi connectivity index (χ2v) is 4.04. The van der Waals surface area contributed by atoms with Crippen LogP contribution in [-0.2, 0) is 4.79 Å². The summed E-state index contributed by atoms with van der Waals surface area (Å²) in [6, 6.07) is 0.544. The lowest BCUT2D eigenvalue weighted by Crippen LogP contribution is -2.60. The second kappa shape index (κ2) is 6.08. The topological polar surface area (TPSA) is 44.4 Å². The van der Waals surface area contributed by atoms with E-state index in [9.17, 15) is 4.79 Å². The molecule has 1 aliphatic heterocycles. The monoisotopic (exact) mass is 213 g/mol. The van der Waals surface area contributed by atoms with Gasteiger partial charge in [-0.05, 0) is 12.8 Å². The molecule has 1 unspecified atom stereocenters. The SMILES string of the molecule is CCC(CC)N1CCNCC1C(=O)NC. The van der Waals surface area contributed by atoms with E-state index in [1.165, 1.54) is 0 Å². The number of carbonyl (C=O) groups excluding carboxylic acids is 1. The molecule has 1 saturated heterocycles. The highest BCUT2D eigenvalue weighted by Gasteiger charge is 2.31. The minimum Gasteiger partial charge on any atom is -0.358 e. The lowest BCUT2D eigenvalue weighted by Gasteiger charge is -2.39. The van der Waals surface area contributed by atoms with Crippen LogP contribution in [0.4, 0.5) is 0 Å². The summed E-state index contributed by atoms with van der Waals surface area (Å²) in [7, 11) is 1.71. The molecule has 1 rings (SSSR count). The summed E-state index contributed by atoms with van der Waals surface area (Å²) in [5, 5.41) is 6.03. The maximum absolute atomic E-state index is 11.7. The summed E-state index contributed by atoms with van der Waals surface area (Å²) in [4.78, 5) is 14.1. The quantitative estimate of drug-likeness (QED) is 0.701. The molecule has 4 heteroatoms. The van der Waals surface area contributed by atoms with Crippen molar-refractivity contribution in [2.24, 2.45) is 0 Å². The number of nitrogens with one attached hydrogen (secondary N) is 2. The van der Waals surface area contributed by atoms with Gasteiger partial charge in [0.05, 0.1) is 0 Å². The fourth-order valence-electron chi connectivity index (χ4n) is 2.32. The zero-order valence-corrected chi connectivity index (χ0v) is 10.0. The first kappa shape index (κ1) is 12.5. The first-order valence-corrected chi connectivity index (χ1v) is 5.92. The van der Waals surface area contributed by atoms with Crippen LogP contribution in [0.25, 0.3) is 0 Å². The molecule has 0 aliphatic carbocycles. The largest absolute Gasteiger partial charge is 0.358 e. The van der Waals surface area contributed by atoms with Crippen molar-refractivity contribution in [1.29, 1.82) is 0 Å². The van der Waals surface area contributed by atoms with Gasteiger partial charge in [-0.25, -0.2) is 0 Å². The third-order valence-corrected chi connectivity index (χ3v) is 3.25. The molecule has 15 heavy (non-hydrogen) atoms. The summed E-state index contributed by atoms with van der Waals surface area (Å²) in [6.45, 7) is 7.12. The zero-order chi connectivity index (χ0) is 11.3. The van der Waals surface area contributed by atoms with Crippen molar-refractivity contribution < 1.29 is 4.79 Å². The number of rotatable bonds is 4. The van der Waals surface area contributed by atoms with Gasteiger partial charge in [0.2, 0.25) is 5.91 Å². The molecule has 88 valence electrons. The van der Waals surface area contributed by atoms with Crippen LogP contribution in [0.2, 0.25) is 0 Å². The third-order valence-electron chi connectivity index (χ3n) is 3.25. The van der Waals surface area contributed by atoms with Gasteiger partial charge < -0.3 is 10.6 Å². The van der Waals surface area contributed by atoms with E-state index in [0.29, 0.717) is 6.04 Å². The molecule has 1 amide bonds. The minimum atomic E-state index is 0.00801. The summed E-state index contributed by atoms with van der Waals surface area (Å²) in [5.41, 5.74) is 0. The lowest BCUT2D eigenvalue weighted by atomic mass is 10.0. The van der Waals surface area contributed by atoms with Crippen LogP contribution in [0.3, 0.4) is 0 Å². The van der Waals surface area contributed by atoms with E-state index in [0.717, 1.165) is 32.5 Å². The van der Waals surface area contributed by atoms with E-state index in [4.69, 9.17) is 0 Å². The van der Waals surface area contributed by atoms with Crippen LogP contribution in [-0.4, -0.2) is 49.6 Å². The second-order valence-electron chi connectivity index (χ2n) is 4.04. The van der Waals surface area contributed by atoms with Crippen LogP contribution in [0, 0.1) is 0 Å². The predicted molar refractivity (Wildman–Crippen MR) is 61.8 cm³/mol. The van der Waals surface area contributed by atoms with Crippen molar-refractivity contribution in [3.8, 4) is 0 Å². The third kappa shape index (κ3) is 2.92. The van der Waals surface area contributed by atoms with Crippen LogP contribution in [0.15, 0.2) is 0 Å². The van der Waals surface area contributed by atoms with Gasteiger partial charge in [0.15, 0.2) is 0 Å². The van der Waals surface area contributed by atoms with Gasteiger partial charge in [-0.3, -0.25) is 9.69 Å². The standard InChI is InChI=1S/C11H23N3O/c1-4-9(5-2)14-7-6-13-8-10(14)11(15)12-3/h9-10,13H,4-8H2,1-3H3,(H,12,15). The van der Waals surface area contributed by atoms with Gasteiger partial charge in [0.1, 0.15) is 6.04 Å². The Bertz CT molecular complexity index is 204. The van der Waals surface area contributed by atoms with Crippen molar-refractivity contribution in [3.05, 3.63) is 0 Å².